The Bertz CT molecular complexity index is 751. The van der Waals surface area contributed by atoms with Crippen LogP contribution in [0, 0.1) is 0 Å². The molecule has 1 aliphatic rings. The van der Waals surface area contributed by atoms with Gasteiger partial charge in [0.2, 0.25) is 5.88 Å². The number of pyridine rings is 1. The van der Waals surface area contributed by atoms with Crippen LogP contribution in [0.25, 0.3) is 0 Å². The number of guanidine groups is 1. The van der Waals surface area contributed by atoms with E-state index in [4.69, 9.17) is 9.47 Å². The van der Waals surface area contributed by atoms with E-state index >= 15 is 0 Å². The van der Waals surface area contributed by atoms with Crippen LogP contribution in [0.5, 0.6) is 5.88 Å². The lowest BCUT2D eigenvalue weighted by Crippen LogP contribution is -2.41. The Labute approximate surface area is 184 Å². The largest absolute Gasteiger partial charge is 0.475 e. The van der Waals surface area contributed by atoms with E-state index in [0.29, 0.717) is 25.6 Å². The summed E-state index contributed by atoms with van der Waals surface area (Å²) in [5.74, 6) is 1.41. The fraction of sp³-hybridized carbons (Fsp3) is 0.429. The Kier molecular flexibility index (Phi) is 8.98. The molecule has 7 heteroatoms. The molecule has 1 saturated carbocycles. The smallest absolute Gasteiger partial charge is 0.218 e. The Morgan fingerprint density at radius 3 is 2.57 bits per heavy atom. The number of halogens is 1. The number of aliphatic imine (C=N–C) groups is 1. The fourth-order valence-electron chi connectivity index (χ4n) is 3.07. The SMILES string of the molecule is CN=C(NCc1cccnc1OCCOC)NCC1(c2ccccc2)CC1.I. The average Bonchev–Trinajstić information content (AvgIpc) is 3.51. The van der Waals surface area contributed by atoms with Crippen molar-refractivity contribution in [3.05, 3.63) is 59.8 Å². The molecule has 0 aliphatic heterocycles. The van der Waals surface area contributed by atoms with Crippen molar-refractivity contribution in [3.8, 4) is 5.88 Å². The van der Waals surface area contributed by atoms with Gasteiger partial charge in [0.15, 0.2) is 5.96 Å². The highest BCUT2D eigenvalue weighted by molar-refractivity contribution is 14.0. The highest BCUT2D eigenvalue weighted by Gasteiger charge is 2.43. The quantitative estimate of drug-likeness (QED) is 0.242. The van der Waals surface area contributed by atoms with Crippen LogP contribution in [0.4, 0.5) is 0 Å². The molecule has 6 nitrogen and oxygen atoms in total. The molecule has 2 N–H and O–H groups in total. The summed E-state index contributed by atoms with van der Waals surface area (Å²) in [5, 5.41) is 6.83. The van der Waals surface area contributed by atoms with E-state index in [-0.39, 0.29) is 29.4 Å². The average molecular weight is 496 g/mol. The minimum Gasteiger partial charge on any atom is -0.475 e. The van der Waals surface area contributed by atoms with Gasteiger partial charge in [0.1, 0.15) is 6.61 Å². The predicted octanol–water partition coefficient (Wildman–Crippen LogP) is 3.12. The lowest BCUT2D eigenvalue weighted by atomic mass is 9.96. The molecule has 1 aliphatic carbocycles. The number of benzene rings is 1. The van der Waals surface area contributed by atoms with Crippen molar-refractivity contribution in [2.45, 2.75) is 24.8 Å². The Hall–Kier alpha value is -1.87. The summed E-state index contributed by atoms with van der Waals surface area (Å²) < 4.78 is 10.7. The standard InChI is InChI=1S/C21H28N4O2.HI/c1-22-20(25-16-21(10-11-21)18-8-4-3-5-9-18)24-15-17-7-6-12-23-19(17)27-14-13-26-2;/h3-9,12H,10-11,13-16H2,1-2H3,(H2,22,24,25);1H. The number of aromatic nitrogens is 1. The normalized spacial score (nSPS) is 14.7. The first kappa shape index (κ1) is 22.4. The molecule has 1 fully saturated rings. The number of hydrogen-bond acceptors (Lipinski definition) is 4. The van der Waals surface area contributed by atoms with Gasteiger partial charge in [-0.05, 0) is 24.5 Å². The molecule has 0 saturated heterocycles. The minimum absolute atomic E-state index is 0. The van der Waals surface area contributed by atoms with Crippen molar-refractivity contribution >= 4 is 29.9 Å². The lowest BCUT2D eigenvalue weighted by Gasteiger charge is -2.19. The topological polar surface area (TPSA) is 67.8 Å². The molecular weight excluding hydrogens is 467 g/mol. The molecular formula is C21H29IN4O2. The van der Waals surface area contributed by atoms with Gasteiger partial charge in [-0.15, -0.1) is 24.0 Å². The number of methoxy groups -OCH3 is 1. The molecule has 28 heavy (non-hydrogen) atoms. The van der Waals surface area contributed by atoms with Gasteiger partial charge < -0.3 is 20.1 Å². The molecule has 0 bridgehead atoms. The van der Waals surface area contributed by atoms with Gasteiger partial charge in [0, 0.05) is 44.4 Å². The van der Waals surface area contributed by atoms with Crippen LogP contribution in [0.3, 0.4) is 0 Å². The van der Waals surface area contributed by atoms with Gasteiger partial charge in [-0.1, -0.05) is 36.4 Å². The Morgan fingerprint density at radius 2 is 1.89 bits per heavy atom. The van der Waals surface area contributed by atoms with Gasteiger partial charge in [-0.3, -0.25) is 4.99 Å². The summed E-state index contributed by atoms with van der Waals surface area (Å²) >= 11 is 0. The number of rotatable bonds is 9. The summed E-state index contributed by atoms with van der Waals surface area (Å²) in [4.78, 5) is 8.66. The Balaban J connectivity index is 0.00000280. The highest BCUT2D eigenvalue weighted by atomic mass is 127. The molecule has 152 valence electrons. The first-order valence-corrected chi connectivity index (χ1v) is 9.33. The molecule has 1 heterocycles. The summed E-state index contributed by atoms with van der Waals surface area (Å²) in [5.41, 5.74) is 2.62. The first-order chi connectivity index (χ1) is 13.3. The number of nitrogens with zero attached hydrogens (tertiary/aromatic N) is 2. The van der Waals surface area contributed by atoms with Crippen molar-refractivity contribution in [2.24, 2.45) is 4.99 Å². The minimum atomic E-state index is 0. The summed E-state index contributed by atoms with van der Waals surface area (Å²) in [6.07, 6.45) is 4.15. The maximum absolute atomic E-state index is 5.69. The number of nitrogens with one attached hydrogen (secondary N) is 2. The van der Waals surface area contributed by atoms with Crippen molar-refractivity contribution < 1.29 is 9.47 Å². The third kappa shape index (κ3) is 6.07. The van der Waals surface area contributed by atoms with E-state index in [0.717, 1.165) is 18.1 Å². The highest BCUT2D eigenvalue weighted by Crippen LogP contribution is 2.47. The first-order valence-electron chi connectivity index (χ1n) is 9.33. The van der Waals surface area contributed by atoms with Crippen LogP contribution >= 0.6 is 24.0 Å². The molecule has 0 atom stereocenters. The monoisotopic (exact) mass is 496 g/mol. The van der Waals surface area contributed by atoms with Gasteiger partial charge in [-0.2, -0.15) is 0 Å². The Morgan fingerprint density at radius 1 is 1.11 bits per heavy atom. The van der Waals surface area contributed by atoms with E-state index in [9.17, 15) is 0 Å². The summed E-state index contributed by atoms with van der Waals surface area (Å²) in [7, 11) is 3.44. The third-order valence-corrected chi connectivity index (χ3v) is 4.88. The second kappa shape index (κ2) is 11.2. The van der Waals surface area contributed by atoms with Crippen LogP contribution in [0.15, 0.2) is 53.7 Å². The zero-order valence-corrected chi connectivity index (χ0v) is 18.8. The number of hydrogen-bond donors (Lipinski definition) is 2. The van der Waals surface area contributed by atoms with Crippen LogP contribution in [0.1, 0.15) is 24.0 Å². The van der Waals surface area contributed by atoms with Crippen LogP contribution < -0.4 is 15.4 Å². The third-order valence-electron chi connectivity index (χ3n) is 4.88. The van der Waals surface area contributed by atoms with Gasteiger partial charge in [-0.25, -0.2) is 4.98 Å². The molecule has 1 aromatic heterocycles. The molecule has 3 rings (SSSR count). The van der Waals surface area contributed by atoms with E-state index < -0.39 is 0 Å². The predicted molar refractivity (Wildman–Crippen MR) is 123 cm³/mol. The second-order valence-corrected chi connectivity index (χ2v) is 6.73. The fourth-order valence-corrected chi connectivity index (χ4v) is 3.07. The van der Waals surface area contributed by atoms with Gasteiger partial charge in [0.05, 0.1) is 6.61 Å². The van der Waals surface area contributed by atoms with Crippen LogP contribution in [0.2, 0.25) is 0 Å². The van der Waals surface area contributed by atoms with Crippen molar-refractivity contribution in [3.63, 3.8) is 0 Å². The zero-order valence-electron chi connectivity index (χ0n) is 16.5. The maximum Gasteiger partial charge on any atom is 0.218 e. The summed E-state index contributed by atoms with van der Waals surface area (Å²) in [6, 6.07) is 14.6. The molecule has 2 aromatic rings. The molecule has 0 spiro atoms. The lowest BCUT2D eigenvalue weighted by molar-refractivity contribution is 0.143. The summed E-state index contributed by atoms with van der Waals surface area (Å²) in [6.45, 7) is 2.48. The molecule has 0 amide bonds. The van der Waals surface area contributed by atoms with E-state index in [1.807, 2.05) is 12.1 Å². The molecule has 0 unspecified atom stereocenters. The van der Waals surface area contributed by atoms with Crippen LogP contribution in [-0.4, -0.2) is 44.9 Å². The van der Waals surface area contributed by atoms with E-state index in [1.165, 1.54) is 18.4 Å². The molecule has 1 aromatic carbocycles. The van der Waals surface area contributed by atoms with Gasteiger partial charge in [0.25, 0.3) is 0 Å². The second-order valence-electron chi connectivity index (χ2n) is 6.73. The van der Waals surface area contributed by atoms with Crippen LogP contribution in [-0.2, 0) is 16.7 Å². The maximum atomic E-state index is 5.69. The molecule has 0 radical (unpaired) electrons. The van der Waals surface area contributed by atoms with Crippen molar-refractivity contribution in [1.29, 1.82) is 0 Å². The van der Waals surface area contributed by atoms with E-state index in [1.54, 1.807) is 20.4 Å². The van der Waals surface area contributed by atoms with E-state index in [2.05, 4.69) is 50.9 Å². The van der Waals surface area contributed by atoms with Crippen molar-refractivity contribution in [1.82, 2.24) is 15.6 Å². The van der Waals surface area contributed by atoms with Crippen molar-refractivity contribution in [2.75, 3.05) is 33.9 Å². The number of ether oxygens (including phenoxy) is 2. The zero-order chi connectivity index (χ0) is 19.0. The van der Waals surface area contributed by atoms with Gasteiger partial charge >= 0.3 is 0 Å².